The SMILES string of the molecule is CC(C)NC(=O)c1cc(S(=O)(=O)N2CCOCC2)ccc1F. The molecule has 0 spiro atoms. The minimum absolute atomic E-state index is 0.0929. The van der Waals surface area contributed by atoms with Crippen molar-refractivity contribution in [1.82, 2.24) is 9.62 Å². The third kappa shape index (κ3) is 3.63. The van der Waals surface area contributed by atoms with E-state index in [0.29, 0.717) is 13.2 Å². The molecule has 1 fully saturated rings. The van der Waals surface area contributed by atoms with Crippen LogP contribution >= 0.6 is 0 Å². The number of benzene rings is 1. The average Bonchev–Trinajstić information content (AvgIpc) is 2.47. The first-order valence-corrected chi connectivity index (χ1v) is 8.44. The topological polar surface area (TPSA) is 75.7 Å². The maximum absolute atomic E-state index is 13.8. The lowest BCUT2D eigenvalue weighted by atomic mass is 10.2. The summed E-state index contributed by atoms with van der Waals surface area (Å²) in [5.41, 5.74) is -0.275. The van der Waals surface area contributed by atoms with Gasteiger partial charge in [-0.15, -0.1) is 0 Å². The van der Waals surface area contributed by atoms with Gasteiger partial charge in [-0.05, 0) is 32.0 Å². The molecule has 1 amide bonds. The molecule has 1 saturated heterocycles. The fraction of sp³-hybridized carbons (Fsp3) is 0.500. The van der Waals surface area contributed by atoms with Gasteiger partial charge in [0.1, 0.15) is 5.82 Å². The van der Waals surface area contributed by atoms with E-state index in [9.17, 15) is 17.6 Å². The predicted octanol–water partition coefficient (Wildman–Crippen LogP) is 0.985. The summed E-state index contributed by atoms with van der Waals surface area (Å²) in [6.45, 7) is 4.61. The zero-order valence-electron chi connectivity index (χ0n) is 12.5. The molecule has 0 aliphatic carbocycles. The van der Waals surface area contributed by atoms with Crippen molar-refractivity contribution in [1.29, 1.82) is 0 Å². The fourth-order valence-corrected chi connectivity index (χ4v) is 3.55. The number of carbonyl (C=O) groups excluding carboxylic acids is 1. The Kier molecular flexibility index (Phi) is 5.15. The lowest BCUT2D eigenvalue weighted by Gasteiger charge is -2.26. The molecule has 2 rings (SSSR count). The Morgan fingerprint density at radius 1 is 1.32 bits per heavy atom. The standard InChI is InChI=1S/C14H19FN2O4S/c1-10(2)16-14(18)12-9-11(3-4-13(12)15)22(19,20)17-5-7-21-8-6-17/h3-4,9-10H,5-8H2,1-2H3,(H,16,18). The maximum Gasteiger partial charge on any atom is 0.254 e. The van der Waals surface area contributed by atoms with Gasteiger partial charge < -0.3 is 10.1 Å². The summed E-state index contributed by atoms with van der Waals surface area (Å²) < 4.78 is 45.2. The highest BCUT2D eigenvalue weighted by Crippen LogP contribution is 2.20. The van der Waals surface area contributed by atoms with Crippen molar-refractivity contribution in [3.63, 3.8) is 0 Å². The summed E-state index contributed by atoms with van der Waals surface area (Å²) in [4.78, 5) is 11.9. The molecule has 6 nitrogen and oxygen atoms in total. The molecular formula is C14H19FN2O4S. The molecule has 1 aromatic rings. The molecule has 1 N–H and O–H groups in total. The van der Waals surface area contributed by atoms with Crippen LogP contribution in [0, 0.1) is 5.82 Å². The number of rotatable bonds is 4. The number of hydrogen-bond acceptors (Lipinski definition) is 4. The van der Waals surface area contributed by atoms with E-state index in [0.717, 1.165) is 12.1 Å². The summed E-state index contributed by atoms with van der Waals surface area (Å²) >= 11 is 0. The lowest BCUT2D eigenvalue weighted by Crippen LogP contribution is -2.40. The van der Waals surface area contributed by atoms with Gasteiger partial charge in [-0.3, -0.25) is 4.79 Å². The Morgan fingerprint density at radius 2 is 1.95 bits per heavy atom. The average molecular weight is 330 g/mol. The van der Waals surface area contributed by atoms with Crippen LogP contribution in [-0.2, 0) is 14.8 Å². The van der Waals surface area contributed by atoms with Crippen LogP contribution in [0.15, 0.2) is 23.1 Å². The smallest absolute Gasteiger partial charge is 0.254 e. The zero-order valence-corrected chi connectivity index (χ0v) is 13.3. The van der Waals surface area contributed by atoms with Gasteiger partial charge in [0.25, 0.3) is 5.91 Å². The molecule has 0 unspecified atom stereocenters. The number of sulfonamides is 1. The number of amides is 1. The first-order valence-electron chi connectivity index (χ1n) is 7.00. The van der Waals surface area contributed by atoms with Gasteiger partial charge >= 0.3 is 0 Å². The predicted molar refractivity (Wildman–Crippen MR) is 78.6 cm³/mol. The minimum Gasteiger partial charge on any atom is -0.379 e. The molecular weight excluding hydrogens is 311 g/mol. The van der Waals surface area contributed by atoms with Crippen LogP contribution in [0.2, 0.25) is 0 Å². The second-order valence-corrected chi connectivity index (χ2v) is 7.22. The van der Waals surface area contributed by atoms with Crippen LogP contribution in [0.25, 0.3) is 0 Å². The molecule has 8 heteroatoms. The van der Waals surface area contributed by atoms with Gasteiger partial charge in [-0.25, -0.2) is 12.8 Å². The molecule has 0 bridgehead atoms. The Hall–Kier alpha value is -1.51. The number of morpholine rings is 1. The molecule has 122 valence electrons. The number of hydrogen-bond donors (Lipinski definition) is 1. The molecule has 1 aliphatic heterocycles. The summed E-state index contributed by atoms with van der Waals surface area (Å²) in [6.07, 6.45) is 0. The van der Waals surface area contributed by atoms with Gasteiger partial charge in [-0.2, -0.15) is 4.31 Å². The van der Waals surface area contributed by atoms with Crippen LogP contribution in [0.3, 0.4) is 0 Å². The molecule has 1 aromatic carbocycles. The van der Waals surface area contributed by atoms with Crippen LogP contribution in [0.5, 0.6) is 0 Å². The molecule has 22 heavy (non-hydrogen) atoms. The van der Waals surface area contributed by atoms with Crippen LogP contribution in [0.1, 0.15) is 24.2 Å². The highest BCUT2D eigenvalue weighted by molar-refractivity contribution is 7.89. The highest BCUT2D eigenvalue weighted by atomic mass is 32.2. The number of halogens is 1. The number of carbonyl (C=O) groups is 1. The monoisotopic (exact) mass is 330 g/mol. The van der Waals surface area contributed by atoms with E-state index < -0.39 is 21.7 Å². The van der Waals surface area contributed by atoms with Crippen molar-refractivity contribution in [2.75, 3.05) is 26.3 Å². The van der Waals surface area contributed by atoms with Crippen molar-refractivity contribution in [3.8, 4) is 0 Å². The first-order chi connectivity index (χ1) is 10.3. The molecule has 0 atom stereocenters. The van der Waals surface area contributed by atoms with Crippen LogP contribution in [0.4, 0.5) is 4.39 Å². The van der Waals surface area contributed by atoms with Gasteiger partial charge in [0.2, 0.25) is 10.0 Å². The van der Waals surface area contributed by atoms with Crippen molar-refractivity contribution in [3.05, 3.63) is 29.6 Å². The summed E-state index contributed by atoms with van der Waals surface area (Å²) in [5, 5.41) is 2.55. The third-order valence-corrected chi connectivity index (χ3v) is 5.10. The van der Waals surface area contributed by atoms with E-state index in [2.05, 4.69) is 5.32 Å². The van der Waals surface area contributed by atoms with E-state index >= 15 is 0 Å². The van der Waals surface area contributed by atoms with E-state index in [1.165, 1.54) is 10.4 Å². The third-order valence-electron chi connectivity index (χ3n) is 3.21. The van der Waals surface area contributed by atoms with E-state index in [1.807, 2.05) is 0 Å². The largest absolute Gasteiger partial charge is 0.379 e. The molecule has 0 radical (unpaired) electrons. The van der Waals surface area contributed by atoms with Crippen LogP contribution in [-0.4, -0.2) is 51.0 Å². The Bertz CT molecular complexity index is 655. The second-order valence-electron chi connectivity index (χ2n) is 5.29. The van der Waals surface area contributed by atoms with Gasteiger partial charge in [0, 0.05) is 19.1 Å². The summed E-state index contributed by atoms with van der Waals surface area (Å²) in [5.74, 6) is -1.38. The van der Waals surface area contributed by atoms with E-state index in [1.54, 1.807) is 13.8 Å². The molecule has 0 saturated carbocycles. The van der Waals surface area contributed by atoms with Crippen molar-refractivity contribution >= 4 is 15.9 Å². The molecule has 0 aromatic heterocycles. The van der Waals surface area contributed by atoms with Gasteiger partial charge in [-0.1, -0.05) is 0 Å². The minimum atomic E-state index is -3.76. The quantitative estimate of drug-likeness (QED) is 0.893. The Labute approximate surface area is 129 Å². The summed E-state index contributed by atoms with van der Waals surface area (Å²) in [7, 11) is -3.76. The second kappa shape index (κ2) is 6.72. The van der Waals surface area contributed by atoms with Crippen molar-refractivity contribution in [2.45, 2.75) is 24.8 Å². The first kappa shape index (κ1) is 16.9. The number of ether oxygens (including phenoxy) is 1. The molecule has 1 aliphatic rings. The Morgan fingerprint density at radius 3 is 2.55 bits per heavy atom. The maximum atomic E-state index is 13.8. The zero-order chi connectivity index (χ0) is 16.3. The van der Waals surface area contributed by atoms with Crippen molar-refractivity contribution < 1.29 is 22.3 Å². The summed E-state index contributed by atoms with van der Waals surface area (Å²) in [6, 6.07) is 3.08. The fourth-order valence-electron chi connectivity index (χ4n) is 2.11. The Balaban J connectivity index is 2.34. The van der Waals surface area contributed by atoms with Crippen molar-refractivity contribution in [2.24, 2.45) is 0 Å². The highest BCUT2D eigenvalue weighted by Gasteiger charge is 2.27. The molecule has 1 heterocycles. The van der Waals surface area contributed by atoms with Crippen LogP contribution < -0.4 is 5.32 Å². The lowest BCUT2D eigenvalue weighted by molar-refractivity contribution is 0.0730. The van der Waals surface area contributed by atoms with Gasteiger partial charge in [0.05, 0.1) is 23.7 Å². The van der Waals surface area contributed by atoms with E-state index in [4.69, 9.17) is 4.74 Å². The number of nitrogens with zero attached hydrogens (tertiary/aromatic N) is 1. The van der Waals surface area contributed by atoms with E-state index in [-0.39, 0.29) is 29.6 Å². The van der Waals surface area contributed by atoms with Gasteiger partial charge in [0.15, 0.2) is 0 Å². The number of nitrogens with one attached hydrogen (secondary N) is 1. The normalized spacial score (nSPS) is 16.7.